The fraction of sp³-hybridized carbons (Fsp3) is 0.208. The van der Waals surface area contributed by atoms with Gasteiger partial charge < -0.3 is 14.7 Å². The van der Waals surface area contributed by atoms with Crippen molar-refractivity contribution in [2.45, 2.75) is 20.1 Å². The molecule has 34 heavy (non-hydrogen) atoms. The number of aromatic nitrogens is 3. The Labute approximate surface area is 192 Å². The molecule has 2 aromatic heterocycles. The number of benzene rings is 2. The van der Waals surface area contributed by atoms with Gasteiger partial charge in [-0.3, -0.25) is 14.9 Å². The van der Waals surface area contributed by atoms with E-state index in [1.807, 2.05) is 0 Å². The number of aliphatic hydroxyl groups is 1. The van der Waals surface area contributed by atoms with Crippen molar-refractivity contribution < 1.29 is 27.8 Å². The molecule has 0 spiro atoms. The number of halogens is 3. The maximum Gasteiger partial charge on any atom is 0.254 e. The summed E-state index contributed by atoms with van der Waals surface area (Å²) in [6.45, 7) is 1.69. The van der Waals surface area contributed by atoms with E-state index < -0.39 is 23.4 Å². The van der Waals surface area contributed by atoms with E-state index in [2.05, 4.69) is 15.2 Å². The maximum absolute atomic E-state index is 15.1. The molecule has 2 N–H and O–H groups in total. The molecule has 2 heterocycles. The number of carbonyl (C=O) groups excluding carboxylic acids is 1. The Morgan fingerprint density at radius 2 is 1.85 bits per heavy atom. The van der Waals surface area contributed by atoms with Gasteiger partial charge in [-0.2, -0.15) is 5.10 Å². The summed E-state index contributed by atoms with van der Waals surface area (Å²) in [5, 5.41) is 16.9. The SMILES string of the molecule is CCOc1cc(C(=O)N(C)Cc2cnc(CO)c3cn[nH]c23)cc(F)c1-c1cc(F)cc(F)c1. The number of aromatic amines is 1. The molecule has 4 aromatic rings. The highest BCUT2D eigenvalue weighted by molar-refractivity contribution is 5.96. The number of nitrogens with zero attached hydrogens (tertiary/aromatic N) is 3. The van der Waals surface area contributed by atoms with Crippen molar-refractivity contribution >= 4 is 16.8 Å². The van der Waals surface area contributed by atoms with E-state index in [9.17, 15) is 18.7 Å². The monoisotopic (exact) mass is 470 g/mol. The average molecular weight is 470 g/mol. The van der Waals surface area contributed by atoms with E-state index in [-0.39, 0.29) is 42.2 Å². The predicted octanol–water partition coefficient (Wildman–Crippen LogP) is 4.21. The van der Waals surface area contributed by atoms with Gasteiger partial charge in [0.25, 0.3) is 5.91 Å². The molecule has 0 saturated heterocycles. The molecule has 0 bridgehead atoms. The Morgan fingerprint density at radius 1 is 1.12 bits per heavy atom. The zero-order chi connectivity index (χ0) is 24.4. The standard InChI is InChI=1S/C24H21F3N4O3/c1-3-34-21-7-14(6-19(27)22(21)13-4-16(25)8-17(26)5-13)24(33)31(2)11-15-9-28-20(12-32)18-10-29-30-23(15)18/h4-10,32H,3,11-12H2,1-2H3,(H,29,30). The van der Waals surface area contributed by atoms with Gasteiger partial charge in [-0.15, -0.1) is 0 Å². The van der Waals surface area contributed by atoms with Crippen molar-refractivity contribution in [3.05, 3.63) is 77.0 Å². The normalized spacial score (nSPS) is 11.1. The van der Waals surface area contributed by atoms with Crippen LogP contribution >= 0.6 is 0 Å². The number of amides is 1. The topological polar surface area (TPSA) is 91.3 Å². The lowest BCUT2D eigenvalue weighted by Gasteiger charge is -2.20. The zero-order valence-electron chi connectivity index (χ0n) is 18.4. The summed E-state index contributed by atoms with van der Waals surface area (Å²) in [6, 6.07) is 5.04. The van der Waals surface area contributed by atoms with Crippen LogP contribution in [0.3, 0.4) is 0 Å². The predicted molar refractivity (Wildman–Crippen MR) is 119 cm³/mol. The minimum absolute atomic E-state index is 0.00451. The molecular formula is C24H21F3N4O3. The molecule has 7 nitrogen and oxygen atoms in total. The van der Waals surface area contributed by atoms with Crippen LogP contribution in [0.2, 0.25) is 0 Å². The number of carbonyl (C=O) groups is 1. The van der Waals surface area contributed by atoms with Gasteiger partial charge in [-0.05, 0) is 36.8 Å². The van der Waals surface area contributed by atoms with Crippen LogP contribution in [0.25, 0.3) is 22.0 Å². The van der Waals surface area contributed by atoms with Crippen molar-refractivity contribution in [1.29, 1.82) is 0 Å². The summed E-state index contributed by atoms with van der Waals surface area (Å²) in [6.07, 6.45) is 3.07. The van der Waals surface area contributed by atoms with Crippen LogP contribution in [-0.2, 0) is 13.2 Å². The molecule has 0 unspecified atom stereocenters. The van der Waals surface area contributed by atoms with Gasteiger partial charge in [0.05, 0.1) is 36.2 Å². The van der Waals surface area contributed by atoms with Crippen molar-refractivity contribution in [2.24, 2.45) is 0 Å². The molecule has 0 aliphatic heterocycles. The first kappa shape index (κ1) is 23.2. The molecule has 176 valence electrons. The molecule has 4 rings (SSSR count). The minimum Gasteiger partial charge on any atom is -0.493 e. The molecule has 0 atom stereocenters. The molecule has 1 amide bonds. The van der Waals surface area contributed by atoms with Gasteiger partial charge in [-0.25, -0.2) is 13.2 Å². The third-order valence-corrected chi connectivity index (χ3v) is 5.30. The van der Waals surface area contributed by atoms with Crippen molar-refractivity contribution in [1.82, 2.24) is 20.1 Å². The van der Waals surface area contributed by atoms with Gasteiger partial charge in [0.15, 0.2) is 0 Å². The van der Waals surface area contributed by atoms with Crippen molar-refractivity contribution in [3.63, 3.8) is 0 Å². The highest BCUT2D eigenvalue weighted by Crippen LogP contribution is 2.35. The number of nitrogens with one attached hydrogen (secondary N) is 1. The van der Waals surface area contributed by atoms with E-state index in [1.165, 1.54) is 23.4 Å². The summed E-state index contributed by atoms with van der Waals surface area (Å²) in [5.41, 5.74) is 1.56. The number of rotatable bonds is 7. The number of hydrogen-bond donors (Lipinski definition) is 2. The van der Waals surface area contributed by atoms with Crippen LogP contribution in [-0.4, -0.2) is 44.7 Å². The smallest absolute Gasteiger partial charge is 0.254 e. The maximum atomic E-state index is 15.1. The van der Waals surface area contributed by atoms with E-state index in [4.69, 9.17) is 4.74 Å². The van der Waals surface area contributed by atoms with Gasteiger partial charge in [0.2, 0.25) is 0 Å². The van der Waals surface area contributed by atoms with Crippen LogP contribution < -0.4 is 4.74 Å². The molecular weight excluding hydrogens is 449 g/mol. The molecule has 0 radical (unpaired) electrons. The van der Waals surface area contributed by atoms with Gasteiger partial charge >= 0.3 is 0 Å². The second-order valence-corrected chi connectivity index (χ2v) is 7.63. The highest BCUT2D eigenvalue weighted by atomic mass is 19.1. The first-order chi connectivity index (χ1) is 16.3. The largest absolute Gasteiger partial charge is 0.493 e. The lowest BCUT2D eigenvalue weighted by Crippen LogP contribution is -2.26. The second-order valence-electron chi connectivity index (χ2n) is 7.63. The molecule has 10 heteroatoms. The average Bonchev–Trinajstić information content (AvgIpc) is 3.28. The number of pyridine rings is 1. The van der Waals surface area contributed by atoms with Crippen LogP contribution in [0.5, 0.6) is 5.75 Å². The van der Waals surface area contributed by atoms with Crippen LogP contribution in [0.15, 0.2) is 42.7 Å². The Kier molecular flexibility index (Phi) is 6.51. The van der Waals surface area contributed by atoms with Crippen LogP contribution in [0.1, 0.15) is 28.5 Å². The first-order valence-corrected chi connectivity index (χ1v) is 10.4. The van der Waals surface area contributed by atoms with Gasteiger partial charge in [0.1, 0.15) is 23.2 Å². The lowest BCUT2D eigenvalue weighted by molar-refractivity contribution is 0.0784. The minimum atomic E-state index is -0.859. The fourth-order valence-corrected chi connectivity index (χ4v) is 3.79. The quantitative estimate of drug-likeness (QED) is 0.422. The van der Waals surface area contributed by atoms with E-state index in [0.29, 0.717) is 28.2 Å². The third-order valence-electron chi connectivity index (χ3n) is 5.30. The summed E-state index contributed by atoms with van der Waals surface area (Å²) in [5.74, 6) is -3.08. The first-order valence-electron chi connectivity index (χ1n) is 10.4. The molecule has 2 aromatic carbocycles. The van der Waals surface area contributed by atoms with Crippen molar-refractivity contribution in [3.8, 4) is 16.9 Å². The van der Waals surface area contributed by atoms with Crippen LogP contribution in [0, 0.1) is 17.5 Å². The molecule has 0 saturated carbocycles. The third kappa shape index (κ3) is 4.44. The van der Waals surface area contributed by atoms with Crippen molar-refractivity contribution in [2.75, 3.05) is 13.7 Å². The number of fused-ring (bicyclic) bond motifs is 1. The van der Waals surface area contributed by atoms with E-state index in [0.717, 1.165) is 18.2 Å². The van der Waals surface area contributed by atoms with E-state index in [1.54, 1.807) is 14.0 Å². The Morgan fingerprint density at radius 3 is 2.53 bits per heavy atom. The van der Waals surface area contributed by atoms with Gasteiger partial charge in [0, 0.05) is 42.4 Å². The Hall–Kier alpha value is -3.92. The summed E-state index contributed by atoms with van der Waals surface area (Å²) in [4.78, 5) is 18.7. The summed E-state index contributed by atoms with van der Waals surface area (Å²) >= 11 is 0. The number of H-pyrrole nitrogens is 1. The van der Waals surface area contributed by atoms with E-state index >= 15 is 4.39 Å². The Bertz CT molecular complexity index is 1350. The molecule has 0 aliphatic rings. The molecule has 0 fully saturated rings. The fourth-order valence-electron chi connectivity index (χ4n) is 3.79. The summed E-state index contributed by atoms with van der Waals surface area (Å²) in [7, 11) is 1.54. The number of aliphatic hydroxyl groups excluding tert-OH is 1. The van der Waals surface area contributed by atoms with Gasteiger partial charge in [-0.1, -0.05) is 0 Å². The lowest BCUT2D eigenvalue weighted by atomic mass is 10.0. The highest BCUT2D eigenvalue weighted by Gasteiger charge is 2.22. The number of ether oxygens (including phenoxy) is 1. The second kappa shape index (κ2) is 9.52. The number of hydrogen-bond acceptors (Lipinski definition) is 5. The molecule has 0 aliphatic carbocycles. The van der Waals surface area contributed by atoms with Crippen LogP contribution in [0.4, 0.5) is 13.2 Å². The summed E-state index contributed by atoms with van der Waals surface area (Å²) < 4.78 is 48.1. The zero-order valence-corrected chi connectivity index (χ0v) is 18.4. The Balaban J connectivity index is 1.67.